The molecule has 20 heavy (non-hydrogen) atoms. The van der Waals surface area contributed by atoms with Gasteiger partial charge in [0.05, 0.1) is 0 Å². The lowest BCUT2D eigenvalue weighted by atomic mass is 10.0. The number of anilines is 1. The molecule has 2 aromatic carbocycles. The van der Waals surface area contributed by atoms with Crippen molar-refractivity contribution in [3.63, 3.8) is 0 Å². The van der Waals surface area contributed by atoms with E-state index >= 15 is 0 Å². The van der Waals surface area contributed by atoms with Crippen LogP contribution >= 0.6 is 0 Å². The highest BCUT2D eigenvalue weighted by molar-refractivity contribution is 5.93. The second-order valence-electron chi connectivity index (χ2n) is 5.37. The standard InChI is InChI=1S/C18H19NO/c1-14(20)19-12-11-17-13-16(9-10-18(17)19)8-7-15-5-3-2-4-6-15/h2-6,9-10,13H,7-8,11-12H2,1H3. The third kappa shape index (κ3) is 2.60. The maximum absolute atomic E-state index is 11.5. The predicted molar refractivity (Wildman–Crippen MR) is 82.0 cm³/mol. The topological polar surface area (TPSA) is 20.3 Å². The van der Waals surface area contributed by atoms with Gasteiger partial charge in [-0.3, -0.25) is 4.79 Å². The first kappa shape index (κ1) is 12.9. The largest absolute Gasteiger partial charge is 0.312 e. The third-order valence-corrected chi connectivity index (χ3v) is 3.96. The molecule has 1 aliphatic heterocycles. The van der Waals surface area contributed by atoms with Gasteiger partial charge in [-0.2, -0.15) is 0 Å². The first-order valence-electron chi connectivity index (χ1n) is 7.18. The van der Waals surface area contributed by atoms with Gasteiger partial charge < -0.3 is 4.90 Å². The molecule has 0 bridgehead atoms. The Hall–Kier alpha value is -2.09. The van der Waals surface area contributed by atoms with E-state index in [1.807, 2.05) is 4.90 Å². The molecule has 0 N–H and O–H groups in total. The van der Waals surface area contributed by atoms with E-state index in [1.54, 1.807) is 6.92 Å². The van der Waals surface area contributed by atoms with Gasteiger partial charge in [0.15, 0.2) is 0 Å². The molecule has 1 aliphatic rings. The van der Waals surface area contributed by atoms with Crippen molar-refractivity contribution in [1.29, 1.82) is 0 Å². The minimum absolute atomic E-state index is 0.140. The van der Waals surface area contributed by atoms with Crippen LogP contribution in [0.3, 0.4) is 0 Å². The molecule has 2 heteroatoms. The van der Waals surface area contributed by atoms with E-state index in [0.29, 0.717) is 0 Å². The number of hydrogen-bond donors (Lipinski definition) is 0. The Kier molecular flexibility index (Phi) is 3.55. The molecule has 0 saturated carbocycles. The summed E-state index contributed by atoms with van der Waals surface area (Å²) in [4.78, 5) is 13.4. The number of rotatable bonds is 3. The van der Waals surface area contributed by atoms with Crippen LogP contribution in [-0.4, -0.2) is 12.5 Å². The summed E-state index contributed by atoms with van der Waals surface area (Å²) in [6, 6.07) is 17.1. The fourth-order valence-electron chi connectivity index (χ4n) is 2.87. The molecule has 2 nitrogen and oxygen atoms in total. The molecule has 1 amide bonds. The van der Waals surface area contributed by atoms with Crippen LogP contribution in [0.4, 0.5) is 5.69 Å². The average molecular weight is 265 g/mol. The van der Waals surface area contributed by atoms with Crippen LogP contribution in [-0.2, 0) is 24.1 Å². The molecule has 0 fully saturated rings. The van der Waals surface area contributed by atoms with E-state index in [9.17, 15) is 4.79 Å². The second kappa shape index (κ2) is 5.49. The molecule has 0 atom stereocenters. The van der Waals surface area contributed by atoms with Gasteiger partial charge in [0.1, 0.15) is 0 Å². The number of hydrogen-bond acceptors (Lipinski definition) is 1. The lowest BCUT2D eigenvalue weighted by Crippen LogP contribution is -2.25. The first-order chi connectivity index (χ1) is 9.74. The molecule has 0 aliphatic carbocycles. The summed E-state index contributed by atoms with van der Waals surface area (Å²) >= 11 is 0. The minimum Gasteiger partial charge on any atom is -0.312 e. The van der Waals surface area contributed by atoms with Crippen LogP contribution in [0.25, 0.3) is 0 Å². The summed E-state index contributed by atoms with van der Waals surface area (Å²) in [5, 5.41) is 0. The van der Waals surface area contributed by atoms with Crippen molar-refractivity contribution >= 4 is 11.6 Å². The van der Waals surface area contributed by atoms with Gasteiger partial charge in [0, 0.05) is 19.2 Å². The van der Waals surface area contributed by atoms with Crippen LogP contribution < -0.4 is 4.90 Å². The smallest absolute Gasteiger partial charge is 0.223 e. The summed E-state index contributed by atoms with van der Waals surface area (Å²) in [6.07, 6.45) is 3.10. The van der Waals surface area contributed by atoms with E-state index in [1.165, 1.54) is 16.7 Å². The molecular weight excluding hydrogens is 246 g/mol. The highest BCUT2D eigenvalue weighted by atomic mass is 16.2. The number of amides is 1. The normalized spacial score (nSPS) is 13.3. The number of nitrogens with zero attached hydrogens (tertiary/aromatic N) is 1. The van der Waals surface area contributed by atoms with Crippen LogP contribution in [0.5, 0.6) is 0 Å². The summed E-state index contributed by atoms with van der Waals surface area (Å²) in [5.41, 5.74) is 5.14. The Morgan fingerprint density at radius 2 is 1.80 bits per heavy atom. The Bertz CT molecular complexity index is 619. The maximum Gasteiger partial charge on any atom is 0.223 e. The number of carbonyl (C=O) groups excluding carboxylic acids is 1. The number of benzene rings is 2. The summed E-state index contributed by atoms with van der Waals surface area (Å²) in [7, 11) is 0. The molecular formula is C18H19NO. The maximum atomic E-state index is 11.5. The van der Waals surface area contributed by atoms with Gasteiger partial charge in [-0.1, -0.05) is 42.5 Å². The van der Waals surface area contributed by atoms with Gasteiger partial charge in [-0.05, 0) is 42.0 Å². The second-order valence-corrected chi connectivity index (χ2v) is 5.37. The van der Waals surface area contributed by atoms with Crippen molar-refractivity contribution in [1.82, 2.24) is 0 Å². The van der Waals surface area contributed by atoms with Crippen LogP contribution in [0, 0.1) is 0 Å². The summed E-state index contributed by atoms with van der Waals surface area (Å²) in [6.45, 7) is 2.46. The van der Waals surface area contributed by atoms with Gasteiger partial charge in [0.25, 0.3) is 0 Å². The Labute approximate surface area is 120 Å². The molecule has 102 valence electrons. The zero-order valence-corrected chi connectivity index (χ0v) is 11.8. The molecule has 0 saturated heterocycles. The van der Waals surface area contributed by atoms with Crippen molar-refractivity contribution in [2.75, 3.05) is 11.4 Å². The fourth-order valence-corrected chi connectivity index (χ4v) is 2.87. The molecule has 3 rings (SSSR count). The predicted octanol–water partition coefficient (Wildman–Crippen LogP) is 3.38. The molecule has 0 unspecified atom stereocenters. The van der Waals surface area contributed by atoms with E-state index in [0.717, 1.165) is 31.5 Å². The number of fused-ring (bicyclic) bond motifs is 1. The van der Waals surface area contributed by atoms with E-state index in [2.05, 4.69) is 48.5 Å². The average Bonchev–Trinajstić information content (AvgIpc) is 2.89. The zero-order valence-electron chi connectivity index (χ0n) is 11.8. The van der Waals surface area contributed by atoms with Crippen molar-refractivity contribution in [2.45, 2.75) is 26.2 Å². The molecule has 0 aromatic heterocycles. The van der Waals surface area contributed by atoms with Gasteiger partial charge in [0.2, 0.25) is 5.91 Å². The highest BCUT2D eigenvalue weighted by Crippen LogP contribution is 2.29. The van der Waals surface area contributed by atoms with Crippen LogP contribution in [0.15, 0.2) is 48.5 Å². The van der Waals surface area contributed by atoms with Crippen molar-refractivity contribution in [2.24, 2.45) is 0 Å². The van der Waals surface area contributed by atoms with Crippen LogP contribution in [0.2, 0.25) is 0 Å². The molecule has 1 heterocycles. The SMILES string of the molecule is CC(=O)N1CCc2cc(CCc3ccccc3)ccc21. The van der Waals surface area contributed by atoms with Crippen molar-refractivity contribution in [3.05, 3.63) is 65.2 Å². The third-order valence-electron chi connectivity index (χ3n) is 3.96. The molecule has 0 spiro atoms. The van der Waals surface area contributed by atoms with E-state index < -0.39 is 0 Å². The molecule has 2 aromatic rings. The summed E-state index contributed by atoms with van der Waals surface area (Å²) in [5.74, 6) is 0.140. The van der Waals surface area contributed by atoms with E-state index in [-0.39, 0.29) is 5.91 Å². The van der Waals surface area contributed by atoms with Crippen LogP contribution in [0.1, 0.15) is 23.6 Å². The number of aryl methyl sites for hydroxylation is 2. The molecule has 0 radical (unpaired) electrons. The summed E-state index contributed by atoms with van der Waals surface area (Å²) < 4.78 is 0. The Balaban J connectivity index is 1.72. The van der Waals surface area contributed by atoms with Gasteiger partial charge in [-0.15, -0.1) is 0 Å². The first-order valence-corrected chi connectivity index (χ1v) is 7.18. The van der Waals surface area contributed by atoms with E-state index in [4.69, 9.17) is 0 Å². The van der Waals surface area contributed by atoms with Gasteiger partial charge >= 0.3 is 0 Å². The zero-order chi connectivity index (χ0) is 13.9. The lowest BCUT2D eigenvalue weighted by molar-refractivity contribution is -0.116. The van der Waals surface area contributed by atoms with Crippen molar-refractivity contribution in [3.8, 4) is 0 Å². The fraction of sp³-hybridized carbons (Fsp3) is 0.278. The minimum atomic E-state index is 0.140. The Morgan fingerprint density at radius 3 is 2.55 bits per heavy atom. The van der Waals surface area contributed by atoms with Crippen molar-refractivity contribution < 1.29 is 4.79 Å². The number of carbonyl (C=O) groups is 1. The Morgan fingerprint density at radius 1 is 1.05 bits per heavy atom. The highest BCUT2D eigenvalue weighted by Gasteiger charge is 2.21. The van der Waals surface area contributed by atoms with Gasteiger partial charge in [-0.25, -0.2) is 0 Å². The lowest BCUT2D eigenvalue weighted by Gasteiger charge is -2.14. The monoisotopic (exact) mass is 265 g/mol. The quantitative estimate of drug-likeness (QED) is 0.833.